The van der Waals surface area contributed by atoms with Crippen LogP contribution < -0.4 is 20.9 Å². The molecular weight excluding hydrogens is 620 g/mol. The van der Waals surface area contributed by atoms with Crippen molar-refractivity contribution >= 4 is 11.4 Å². The van der Waals surface area contributed by atoms with Crippen LogP contribution in [-0.2, 0) is 10.8 Å². The Kier molecular flexibility index (Phi) is 6.76. The summed E-state index contributed by atoms with van der Waals surface area (Å²) < 4.78 is 13.3. The third-order valence-corrected chi connectivity index (χ3v) is 14.0. The van der Waals surface area contributed by atoms with Crippen molar-refractivity contribution in [1.82, 2.24) is 0 Å². The zero-order chi connectivity index (χ0) is 33.8. The van der Waals surface area contributed by atoms with Crippen LogP contribution in [0.25, 0.3) is 11.1 Å². The van der Waals surface area contributed by atoms with Crippen LogP contribution in [0.3, 0.4) is 0 Å². The summed E-state index contributed by atoms with van der Waals surface area (Å²) in [5.41, 5.74) is 18.2. The molecule has 0 unspecified atom stereocenters. The number of hydrogen-bond donors (Lipinski definition) is 4. The maximum Gasteiger partial charge on any atom is 0.142 e. The lowest BCUT2D eigenvalue weighted by Crippen LogP contribution is -2.48. The van der Waals surface area contributed by atoms with Crippen LogP contribution in [0.15, 0.2) is 72.8 Å². The fourth-order valence-electron chi connectivity index (χ4n) is 12.9. The SMILES string of the molecule is Nc1c(O)cc(Oc2ccccc2-c2ccccc2Oc2cc(O)c(N)c(C34CC5CC(CC(C5)C3)C4)c2)cc1C12CC3CC(CC(C3)C1)C2. The minimum Gasteiger partial charge on any atom is -0.506 e. The topological polar surface area (TPSA) is 111 Å². The largest absolute Gasteiger partial charge is 0.506 e. The van der Waals surface area contributed by atoms with E-state index >= 15 is 0 Å². The van der Waals surface area contributed by atoms with E-state index in [-0.39, 0.29) is 22.3 Å². The number of phenols is 2. The van der Waals surface area contributed by atoms with Gasteiger partial charge in [-0.2, -0.15) is 0 Å². The molecule has 50 heavy (non-hydrogen) atoms. The van der Waals surface area contributed by atoms with Crippen molar-refractivity contribution in [3.8, 4) is 45.6 Å². The van der Waals surface area contributed by atoms with Crippen LogP contribution in [0, 0.1) is 35.5 Å². The molecule has 4 aromatic carbocycles. The second kappa shape index (κ2) is 11.1. The molecule has 0 atom stereocenters. The van der Waals surface area contributed by atoms with Crippen molar-refractivity contribution in [2.75, 3.05) is 11.5 Å². The third-order valence-electron chi connectivity index (χ3n) is 14.0. The molecule has 6 N–H and O–H groups in total. The van der Waals surface area contributed by atoms with Gasteiger partial charge in [-0.3, -0.25) is 0 Å². The standard InChI is InChI=1S/C44H48N2O4/c45-41-35(43-19-25-9-26(20-43)11-27(10-25)21-43)15-31(17-37(41)47)49-39-7-3-1-5-33(39)34-6-2-4-8-40(34)50-32-16-36(42(46)38(48)18-32)44-22-28-12-29(23-44)14-30(13-28)24-44/h1-8,15-18,25-30,47-48H,9-14,19-24,45-46H2. The fourth-order valence-corrected chi connectivity index (χ4v) is 12.9. The molecule has 0 radical (unpaired) electrons. The van der Waals surface area contributed by atoms with Gasteiger partial charge in [0, 0.05) is 23.3 Å². The molecule has 6 nitrogen and oxygen atoms in total. The van der Waals surface area contributed by atoms with Crippen LogP contribution in [0.2, 0.25) is 0 Å². The Hall–Kier alpha value is -4.32. The van der Waals surface area contributed by atoms with Crippen molar-refractivity contribution in [1.29, 1.82) is 0 Å². The van der Waals surface area contributed by atoms with Crippen molar-refractivity contribution in [2.24, 2.45) is 35.5 Å². The number of nitrogen functional groups attached to an aromatic ring is 2. The Morgan fingerprint density at radius 2 is 0.800 bits per heavy atom. The first kappa shape index (κ1) is 30.5. The second-order valence-corrected chi connectivity index (χ2v) is 17.4. The average molecular weight is 669 g/mol. The van der Waals surface area contributed by atoms with Crippen LogP contribution >= 0.6 is 0 Å². The highest BCUT2D eigenvalue weighted by Crippen LogP contribution is 2.64. The molecule has 4 aromatic rings. The minimum atomic E-state index is 0.0231. The van der Waals surface area contributed by atoms with Gasteiger partial charge in [0.2, 0.25) is 0 Å². The van der Waals surface area contributed by atoms with Crippen LogP contribution in [0.5, 0.6) is 34.5 Å². The number of hydrogen-bond acceptors (Lipinski definition) is 6. The smallest absolute Gasteiger partial charge is 0.142 e. The average Bonchev–Trinajstić information content (AvgIpc) is 3.07. The Labute approximate surface area is 294 Å². The Morgan fingerprint density at radius 3 is 1.14 bits per heavy atom. The van der Waals surface area contributed by atoms with E-state index in [1.807, 2.05) is 48.5 Å². The van der Waals surface area contributed by atoms with Gasteiger partial charge in [-0.15, -0.1) is 0 Å². The minimum absolute atomic E-state index is 0.0231. The number of phenolic OH excluding ortho intramolecular Hbond substituents is 2. The first-order chi connectivity index (χ1) is 24.2. The van der Waals surface area contributed by atoms with E-state index < -0.39 is 0 Å². The fraction of sp³-hybridized carbons (Fsp3) is 0.455. The predicted molar refractivity (Wildman–Crippen MR) is 197 cm³/mol. The molecule has 0 amide bonds. The first-order valence-electron chi connectivity index (χ1n) is 19.0. The number of nitrogens with two attached hydrogens (primary N) is 2. The van der Waals surface area contributed by atoms with Gasteiger partial charge < -0.3 is 31.2 Å². The maximum absolute atomic E-state index is 11.1. The summed E-state index contributed by atoms with van der Waals surface area (Å²) in [5.74, 6) is 7.26. The highest BCUT2D eigenvalue weighted by Gasteiger charge is 2.54. The van der Waals surface area contributed by atoms with Gasteiger partial charge in [0.1, 0.15) is 34.5 Å². The van der Waals surface area contributed by atoms with E-state index in [9.17, 15) is 10.2 Å². The van der Waals surface area contributed by atoms with E-state index in [2.05, 4.69) is 12.1 Å². The van der Waals surface area contributed by atoms with Crippen molar-refractivity contribution in [2.45, 2.75) is 87.9 Å². The quantitative estimate of drug-likeness (QED) is 0.115. The maximum atomic E-state index is 11.1. The van der Waals surface area contributed by atoms with Crippen molar-refractivity contribution in [3.63, 3.8) is 0 Å². The highest BCUT2D eigenvalue weighted by atomic mass is 16.5. The molecule has 0 spiro atoms. The lowest BCUT2D eigenvalue weighted by molar-refractivity contribution is -0.00508. The summed E-state index contributed by atoms with van der Waals surface area (Å²) in [6.07, 6.45) is 15.0. The summed E-state index contributed by atoms with van der Waals surface area (Å²) in [7, 11) is 0. The van der Waals surface area contributed by atoms with Crippen LogP contribution in [0.4, 0.5) is 11.4 Å². The molecule has 8 fully saturated rings. The first-order valence-corrected chi connectivity index (χ1v) is 19.0. The van der Waals surface area contributed by atoms with Gasteiger partial charge in [-0.25, -0.2) is 0 Å². The molecule has 0 aliphatic heterocycles. The summed E-state index contributed by atoms with van der Waals surface area (Å²) in [4.78, 5) is 0. The van der Waals surface area contributed by atoms with Gasteiger partial charge in [0.25, 0.3) is 0 Å². The number of benzene rings is 4. The van der Waals surface area contributed by atoms with E-state index in [1.165, 1.54) is 38.5 Å². The number of rotatable bonds is 7. The summed E-state index contributed by atoms with van der Waals surface area (Å²) in [6, 6.07) is 23.4. The molecule has 8 bridgehead atoms. The third kappa shape index (κ3) is 4.88. The summed E-state index contributed by atoms with van der Waals surface area (Å²) >= 11 is 0. The number of anilines is 2. The van der Waals surface area contributed by atoms with E-state index in [4.69, 9.17) is 20.9 Å². The van der Waals surface area contributed by atoms with Crippen molar-refractivity contribution in [3.05, 3.63) is 83.9 Å². The molecule has 0 saturated heterocycles. The van der Waals surface area contributed by atoms with E-state index in [0.29, 0.717) is 34.4 Å². The molecule has 258 valence electrons. The molecular formula is C44H48N2O4. The lowest BCUT2D eigenvalue weighted by atomic mass is 9.48. The van der Waals surface area contributed by atoms with E-state index in [1.54, 1.807) is 12.1 Å². The Balaban J connectivity index is 0.980. The Morgan fingerprint density at radius 1 is 0.480 bits per heavy atom. The molecule has 0 heterocycles. The van der Waals surface area contributed by atoms with E-state index in [0.717, 1.165) is 96.3 Å². The van der Waals surface area contributed by atoms with Gasteiger partial charge in [0.15, 0.2) is 0 Å². The van der Waals surface area contributed by atoms with Gasteiger partial charge in [-0.1, -0.05) is 36.4 Å². The number of ether oxygens (including phenoxy) is 2. The highest BCUT2D eigenvalue weighted by molar-refractivity contribution is 5.77. The monoisotopic (exact) mass is 668 g/mol. The number of para-hydroxylation sites is 2. The van der Waals surface area contributed by atoms with Crippen molar-refractivity contribution < 1.29 is 19.7 Å². The molecule has 6 heteroatoms. The molecule has 8 aliphatic carbocycles. The lowest BCUT2D eigenvalue weighted by Gasteiger charge is -2.57. The van der Waals surface area contributed by atoms with Gasteiger partial charge in [0.05, 0.1) is 11.4 Å². The van der Waals surface area contributed by atoms with Gasteiger partial charge >= 0.3 is 0 Å². The summed E-state index contributed by atoms with van der Waals surface area (Å²) in [5, 5.41) is 22.3. The second-order valence-electron chi connectivity index (χ2n) is 17.4. The Bertz CT molecular complexity index is 1790. The molecule has 8 aliphatic rings. The number of aromatic hydroxyl groups is 2. The molecule has 8 saturated carbocycles. The van der Waals surface area contributed by atoms with Crippen LogP contribution in [0.1, 0.15) is 88.2 Å². The zero-order valence-corrected chi connectivity index (χ0v) is 28.7. The molecule has 0 aromatic heterocycles. The predicted octanol–water partition coefficient (Wildman–Crippen LogP) is 10.4. The summed E-state index contributed by atoms with van der Waals surface area (Å²) in [6.45, 7) is 0. The molecule has 12 rings (SSSR count). The van der Waals surface area contributed by atoms with Gasteiger partial charge in [-0.05, 0) is 159 Å². The van der Waals surface area contributed by atoms with Crippen LogP contribution in [-0.4, -0.2) is 10.2 Å². The normalized spacial score (nSPS) is 33.1. The zero-order valence-electron chi connectivity index (χ0n) is 28.7.